The zero-order valence-electron chi connectivity index (χ0n) is 8.42. The van der Waals surface area contributed by atoms with Crippen molar-refractivity contribution in [2.75, 3.05) is 29.9 Å². The van der Waals surface area contributed by atoms with E-state index >= 15 is 0 Å². The monoisotopic (exact) mass is 203 g/mol. The van der Waals surface area contributed by atoms with Gasteiger partial charge in [0.1, 0.15) is 0 Å². The lowest BCUT2D eigenvalue weighted by atomic mass is 10.1. The average Bonchev–Trinajstić information content (AvgIpc) is 2.84. The molecule has 4 heteroatoms. The van der Waals surface area contributed by atoms with Gasteiger partial charge >= 0.3 is 6.03 Å². The Balaban J connectivity index is 1.95. The molecule has 4 nitrogen and oxygen atoms in total. The van der Waals surface area contributed by atoms with E-state index in [0.717, 1.165) is 31.7 Å². The van der Waals surface area contributed by atoms with Crippen molar-refractivity contribution in [1.29, 1.82) is 0 Å². The maximum absolute atomic E-state index is 11.5. The van der Waals surface area contributed by atoms with Crippen LogP contribution in [0.4, 0.5) is 16.2 Å². The van der Waals surface area contributed by atoms with E-state index in [2.05, 4.69) is 22.8 Å². The van der Waals surface area contributed by atoms with Crippen LogP contribution in [0.5, 0.6) is 0 Å². The number of anilines is 2. The first-order valence-corrected chi connectivity index (χ1v) is 5.27. The third kappa shape index (κ3) is 1.33. The number of carbonyl (C=O) groups excluding carboxylic acids is 1. The van der Waals surface area contributed by atoms with Crippen LogP contribution in [0.1, 0.15) is 5.56 Å². The molecule has 0 bridgehead atoms. The largest absolute Gasteiger partial charge is 0.384 e. The number of urea groups is 1. The molecule has 2 amide bonds. The Bertz CT molecular complexity index is 416. The minimum absolute atomic E-state index is 0.0147. The average molecular weight is 203 g/mol. The molecule has 2 N–H and O–H groups in total. The first-order valence-electron chi connectivity index (χ1n) is 5.27. The minimum Gasteiger partial charge on any atom is -0.384 e. The van der Waals surface area contributed by atoms with Gasteiger partial charge in [-0.2, -0.15) is 0 Å². The molecule has 0 saturated carbocycles. The Morgan fingerprint density at radius 2 is 2.13 bits per heavy atom. The minimum atomic E-state index is 0.0147. The fraction of sp³-hybridized carbons (Fsp3) is 0.364. The second-order valence-corrected chi connectivity index (χ2v) is 3.90. The predicted molar refractivity (Wildman–Crippen MR) is 59.4 cm³/mol. The van der Waals surface area contributed by atoms with Gasteiger partial charge in [-0.25, -0.2) is 4.79 Å². The molecule has 2 aliphatic rings. The highest BCUT2D eigenvalue weighted by molar-refractivity contribution is 5.94. The van der Waals surface area contributed by atoms with E-state index in [4.69, 9.17) is 0 Å². The van der Waals surface area contributed by atoms with Gasteiger partial charge in [0.25, 0.3) is 0 Å². The van der Waals surface area contributed by atoms with E-state index in [-0.39, 0.29) is 6.03 Å². The molecule has 1 fully saturated rings. The maximum Gasteiger partial charge on any atom is 0.321 e. The number of fused-ring (bicyclic) bond motifs is 1. The highest BCUT2D eigenvalue weighted by Crippen LogP contribution is 2.27. The van der Waals surface area contributed by atoms with E-state index in [1.54, 1.807) is 4.90 Å². The van der Waals surface area contributed by atoms with Crippen LogP contribution >= 0.6 is 0 Å². The smallest absolute Gasteiger partial charge is 0.321 e. The second-order valence-electron chi connectivity index (χ2n) is 3.90. The quantitative estimate of drug-likeness (QED) is 0.720. The standard InChI is InChI=1S/C11H13N3O/c15-11-13-5-6-14(11)9-1-2-10-8(7-9)3-4-12-10/h1-2,7,12H,3-6H2,(H,13,15). The van der Waals surface area contributed by atoms with Crippen molar-refractivity contribution in [2.24, 2.45) is 0 Å². The zero-order chi connectivity index (χ0) is 10.3. The Labute approximate surface area is 88.3 Å². The molecular weight excluding hydrogens is 190 g/mol. The van der Waals surface area contributed by atoms with Gasteiger partial charge in [-0.05, 0) is 30.2 Å². The zero-order valence-corrected chi connectivity index (χ0v) is 8.42. The maximum atomic E-state index is 11.5. The Morgan fingerprint density at radius 3 is 2.93 bits per heavy atom. The van der Waals surface area contributed by atoms with Crippen LogP contribution in [0, 0.1) is 0 Å². The van der Waals surface area contributed by atoms with Crippen molar-refractivity contribution >= 4 is 17.4 Å². The normalized spacial score (nSPS) is 18.7. The molecular formula is C11H13N3O. The summed E-state index contributed by atoms with van der Waals surface area (Å²) in [7, 11) is 0. The molecule has 0 unspecified atom stereocenters. The van der Waals surface area contributed by atoms with E-state index < -0.39 is 0 Å². The molecule has 2 heterocycles. The van der Waals surface area contributed by atoms with Gasteiger partial charge < -0.3 is 10.6 Å². The van der Waals surface area contributed by atoms with Crippen molar-refractivity contribution in [3.8, 4) is 0 Å². The van der Waals surface area contributed by atoms with Gasteiger partial charge in [0, 0.05) is 31.0 Å². The molecule has 0 spiro atoms. The Hall–Kier alpha value is -1.71. The van der Waals surface area contributed by atoms with E-state index in [1.807, 2.05) is 6.07 Å². The second kappa shape index (κ2) is 3.15. The van der Waals surface area contributed by atoms with Crippen molar-refractivity contribution in [3.05, 3.63) is 23.8 Å². The van der Waals surface area contributed by atoms with Crippen LogP contribution in [0.25, 0.3) is 0 Å². The van der Waals surface area contributed by atoms with E-state index in [0.29, 0.717) is 0 Å². The summed E-state index contributed by atoms with van der Waals surface area (Å²) in [6.45, 7) is 2.52. The van der Waals surface area contributed by atoms with Crippen molar-refractivity contribution in [1.82, 2.24) is 5.32 Å². The molecule has 2 aliphatic heterocycles. The molecule has 1 aromatic carbocycles. The van der Waals surface area contributed by atoms with Crippen molar-refractivity contribution in [2.45, 2.75) is 6.42 Å². The van der Waals surface area contributed by atoms with Gasteiger partial charge in [-0.1, -0.05) is 0 Å². The number of nitrogens with zero attached hydrogens (tertiary/aromatic N) is 1. The van der Waals surface area contributed by atoms with Crippen molar-refractivity contribution < 1.29 is 4.79 Å². The van der Waals surface area contributed by atoms with Gasteiger partial charge in [0.2, 0.25) is 0 Å². The van der Waals surface area contributed by atoms with E-state index in [9.17, 15) is 4.79 Å². The molecule has 0 aliphatic carbocycles. The van der Waals surface area contributed by atoms with Crippen LogP contribution in [0.15, 0.2) is 18.2 Å². The summed E-state index contributed by atoms with van der Waals surface area (Å²) in [4.78, 5) is 13.3. The van der Waals surface area contributed by atoms with E-state index in [1.165, 1.54) is 11.3 Å². The lowest BCUT2D eigenvalue weighted by Gasteiger charge is -2.15. The fourth-order valence-corrected chi connectivity index (χ4v) is 2.18. The lowest BCUT2D eigenvalue weighted by Crippen LogP contribution is -2.27. The lowest BCUT2D eigenvalue weighted by molar-refractivity contribution is 0.252. The molecule has 15 heavy (non-hydrogen) atoms. The van der Waals surface area contributed by atoms with Gasteiger partial charge in [0.05, 0.1) is 0 Å². The summed E-state index contributed by atoms with van der Waals surface area (Å²) in [6.07, 6.45) is 1.05. The summed E-state index contributed by atoms with van der Waals surface area (Å²) in [5, 5.41) is 6.12. The van der Waals surface area contributed by atoms with Crippen molar-refractivity contribution in [3.63, 3.8) is 0 Å². The fourth-order valence-electron chi connectivity index (χ4n) is 2.18. The molecule has 0 aromatic heterocycles. The summed E-state index contributed by atoms with van der Waals surface area (Å²) in [5.74, 6) is 0. The highest BCUT2D eigenvalue weighted by atomic mass is 16.2. The van der Waals surface area contributed by atoms with Crippen LogP contribution in [0.2, 0.25) is 0 Å². The summed E-state index contributed by atoms with van der Waals surface area (Å²) in [6, 6.07) is 6.19. The Kier molecular flexibility index (Phi) is 1.80. The molecule has 78 valence electrons. The first kappa shape index (κ1) is 8.59. The van der Waals surface area contributed by atoms with Crippen LogP contribution in [-0.4, -0.2) is 25.7 Å². The SMILES string of the molecule is O=C1NCCN1c1ccc2c(c1)CCN2. The number of hydrogen-bond donors (Lipinski definition) is 2. The number of nitrogens with one attached hydrogen (secondary N) is 2. The molecule has 3 rings (SSSR count). The number of amides is 2. The number of hydrogen-bond acceptors (Lipinski definition) is 2. The van der Waals surface area contributed by atoms with Crippen LogP contribution in [0.3, 0.4) is 0 Å². The molecule has 1 aromatic rings. The van der Waals surface area contributed by atoms with Crippen LogP contribution in [-0.2, 0) is 6.42 Å². The van der Waals surface area contributed by atoms with Gasteiger partial charge in [-0.3, -0.25) is 4.90 Å². The molecule has 1 saturated heterocycles. The highest BCUT2D eigenvalue weighted by Gasteiger charge is 2.22. The topological polar surface area (TPSA) is 44.4 Å². The first-order chi connectivity index (χ1) is 7.34. The number of rotatable bonds is 1. The summed E-state index contributed by atoms with van der Waals surface area (Å²) >= 11 is 0. The third-order valence-electron chi connectivity index (χ3n) is 2.97. The molecule has 0 radical (unpaired) electrons. The number of carbonyl (C=O) groups is 1. The van der Waals surface area contributed by atoms with Gasteiger partial charge in [-0.15, -0.1) is 0 Å². The van der Waals surface area contributed by atoms with Crippen LogP contribution < -0.4 is 15.5 Å². The third-order valence-corrected chi connectivity index (χ3v) is 2.97. The summed E-state index contributed by atoms with van der Waals surface area (Å²) in [5.41, 5.74) is 3.53. The summed E-state index contributed by atoms with van der Waals surface area (Å²) < 4.78 is 0. The van der Waals surface area contributed by atoms with Gasteiger partial charge in [0.15, 0.2) is 0 Å². The number of benzene rings is 1. The Morgan fingerprint density at radius 1 is 1.20 bits per heavy atom. The molecule has 0 atom stereocenters. The predicted octanol–water partition coefficient (Wildman–Crippen LogP) is 1.18.